The smallest absolute Gasteiger partial charge is 0.0641 e. The van der Waals surface area contributed by atoms with Crippen LogP contribution in [-0.2, 0) is 0 Å². The Labute approximate surface area is 300 Å². The van der Waals surface area contributed by atoms with E-state index in [1.807, 2.05) is 0 Å². The lowest BCUT2D eigenvalue weighted by molar-refractivity contribution is 1.18. The zero-order valence-electron chi connectivity index (χ0n) is 28.2. The normalized spacial score (nSPS) is 12.2. The zero-order valence-corrected chi connectivity index (χ0v) is 28.2. The van der Waals surface area contributed by atoms with Gasteiger partial charge in [-0.3, -0.25) is 0 Å². The summed E-state index contributed by atoms with van der Waals surface area (Å²) < 4.78 is 5.04. The van der Waals surface area contributed by atoms with Crippen molar-refractivity contribution in [1.29, 1.82) is 0 Å². The molecular weight excluding hydrogens is 629 g/mol. The molecule has 0 N–H and O–H groups in total. The van der Waals surface area contributed by atoms with Crippen molar-refractivity contribution in [1.82, 2.24) is 9.13 Å². The highest BCUT2D eigenvalue weighted by Gasteiger charge is 2.25. The number of hydrogen-bond donors (Lipinski definition) is 0. The van der Waals surface area contributed by atoms with Gasteiger partial charge in [-0.1, -0.05) is 146 Å². The number of nitrogens with zero attached hydrogens (tertiary/aromatic N) is 2. The Kier molecular flexibility index (Phi) is 5.53. The van der Waals surface area contributed by atoms with Crippen LogP contribution in [0.3, 0.4) is 0 Å². The van der Waals surface area contributed by atoms with E-state index in [-0.39, 0.29) is 0 Å². The van der Waals surface area contributed by atoms with Gasteiger partial charge in [0.15, 0.2) is 0 Å². The van der Waals surface area contributed by atoms with Crippen molar-refractivity contribution in [3.05, 3.63) is 182 Å². The van der Waals surface area contributed by atoms with Crippen LogP contribution < -0.4 is 0 Å². The Hall–Kier alpha value is -6.90. The highest BCUT2D eigenvalue weighted by atomic mass is 15.0. The fraction of sp³-hybridized carbons (Fsp3) is 0. The first-order chi connectivity index (χ1) is 25.8. The fourth-order valence-corrected chi connectivity index (χ4v) is 9.24. The van der Waals surface area contributed by atoms with Crippen LogP contribution in [0.2, 0.25) is 0 Å². The Morgan fingerprint density at radius 2 is 0.962 bits per heavy atom. The van der Waals surface area contributed by atoms with Gasteiger partial charge >= 0.3 is 0 Å². The van der Waals surface area contributed by atoms with Gasteiger partial charge in [0.25, 0.3) is 0 Å². The third-order valence-corrected chi connectivity index (χ3v) is 11.4. The number of hydrogen-bond acceptors (Lipinski definition) is 0. The molecule has 0 aliphatic heterocycles. The van der Waals surface area contributed by atoms with Crippen molar-refractivity contribution in [2.24, 2.45) is 0 Å². The third kappa shape index (κ3) is 3.68. The summed E-state index contributed by atoms with van der Waals surface area (Å²) in [6.45, 7) is 0. The summed E-state index contributed by atoms with van der Waals surface area (Å²) in [4.78, 5) is 0. The van der Waals surface area contributed by atoms with Crippen LogP contribution in [0.25, 0.3) is 110 Å². The van der Waals surface area contributed by atoms with Crippen LogP contribution in [0.4, 0.5) is 0 Å². The predicted molar refractivity (Wildman–Crippen MR) is 220 cm³/mol. The van der Waals surface area contributed by atoms with Gasteiger partial charge in [0.05, 0.1) is 22.1 Å². The molecule has 0 unspecified atom stereocenters. The van der Waals surface area contributed by atoms with Gasteiger partial charge in [-0.15, -0.1) is 0 Å². The molecule has 1 aliphatic carbocycles. The monoisotopic (exact) mass is 658 g/mol. The fourth-order valence-electron chi connectivity index (χ4n) is 9.24. The first-order valence-corrected chi connectivity index (χ1v) is 18.0. The molecule has 0 spiro atoms. The van der Waals surface area contributed by atoms with E-state index in [0.717, 1.165) is 5.69 Å². The number of benzene rings is 9. The van der Waals surface area contributed by atoms with Gasteiger partial charge in [-0.2, -0.15) is 0 Å². The summed E-state index contributed by atoms with van der Waals surface area (Å²) in [6.07, 6.45) is 0. The first kappa shape index (κ1) is 27.9. The van der Waals surface area contributed by atoms with E-state index in [1.165, 1.54) is 104 Å². The van der Waals surface area contributed by atoms with Crippen molar-refractivity contribution >= 4 is 65.2 Å². The molecule has 2 heterocycles. The number of rotatable bonds is 3. The second-order valence-corrected chi connectivity index (χ2v) is 14.1. The Balaban J connectivity index is 1.24. The average molecular weight is 659 g/mol. The molecule has 0 saturated carbocycles. The number of para-hydroxylation sites is 1. The molecule has 12 rings (SSSR count). The molecule has 52 heavy (non-hydrogen) atoms. The summed E-state index contributed by atoms with van der Waals surface area (Å²) in [7, 11) is 0. The highest BCUT2D eigenvalue weighted by Crippen LogP contribution is 2.49. The van der Waals surface area contributed by atoms with E-state index in [1.54, 1.807) is 0 Å². The highest BCUT2D eigenvalue weighted by molar-refractivity contribution is 6.29. The van der Waals surface area contributed by atoms with Crippen LogP contribution in [0, 0.1) is 0 Å². The maximum atomic E-state index is 2.54. The standard InChI is InChI=1S/C50H30N2/c1-2-12-31(13-3-1)33-15-10-17-35(28-33)52-49-37-18-5-4-14-32(37)24-25-41(49)42-26-27-46-48(50(42)52)43-21-8-9-23-45(43)51(46)36-29-34-16-11-22-40-38-19-6-7-20-39(38)44(30-36)47(34)40/h1-30H. The summed E-state index contributed by atoms with van der Waals surface area (Å²) in [5, 5.41) is 10.2. The van der Waals surface area contributed by atoms with Gasteiger partial charge in [-0.05, 0) is 85.9 Å². The number of fused-ring (bicyclic) bond motifs is 12. The van der Waals surface area contributed by atoms with E-state index in [4.69, 9.17) is 0 Å². The Bertz CT molecular complexity index is 3290. The van der Waals surface area contributed by atoms with Gasteiger partial charge in [0.1, 0.15) is 0 Å². The summed E-state index contributed by atoms with van der Waals surface area (Å²) in [5.74, 6) is 0. The van der Waals surface area contributed by atoms with Crippen molar-refractivity contribution in [2.75, 3.05) is 0 Å². The Morgan fingerprint density at radius 3 is 1.87 bits per heavy atom. The van der Waals surface area contributed by atoms with Gasteiger partial charge in [0.2, 0.25) is 0 Å². The van der Waals surface area contributed by atoms with E-state index in [2.05, 4.69) is 191 Å². The number of aromatic nitrogens is 2. The lowest BCUT2D eigenvalue weighted by Gasteiger charge is -2.13. The van der Waals surface area contributed by atoms with Crippen LogP contribution in [-0.4, -0.2) is 9.13 Å². The maximum absolute atomic E-state index is 2.54. The van der Waals surface area contributed by atoms with E-state index < -0.39 is 0 Å². The summed E-state index contributed by atoms with van der Waals surface area (Å²) in [6, 6.07) is 67.2. The molecule has 2 heteroatoms. The average Bonchev–Trinajstić information content (AvgIpc) is 3.85. The van der Waals surface area contributed by atoms with Crippen LogP contribution in [0.1, 0.15) is 0 Å². The molecule has 0 amide bonds. The van der Waals surface area contributed by atoms with Crippen LogP contribution >= 0.6 is 0 Å². The van der Waals surface area contributed by atoms with Gasteiger partial charge in [-0.25, -0.2) is 0 Å². The molecule has 11 aromatic rings. The van der Waals surface area contributed by atoms with Crippen molar-refractivity contribution in [3.63, 3.8) is 0 Å². The molecule has 2 nitrogen and oxygen atoms in total. The lowest BCUT2D eigenvalue weighted by Crippen LogP contribution is -1.97. The Morgan fingerprint density at radius 1 is 0.288 bits per heavy atom. The molecule has 240 valence electrons. The minimum absolute atomic E-state index is 1.16. The second-order valence-electron chi connectivity index (χ2n) is 14.1. The zero-order chi connectivity index (χ0) is 33.9. The maximum Gasteiger partial charge on any atom is 0.0641 e. The third-order valence-electron chi connectivity index (χ3n) is 11.4. The molecule has 0 atom stereocenters. The van der Waals surface area contributed by atoms with E-state index >= 15 is 0 Å². The SMILES string of the molecule is c1ccc(-c2cccc(-n3c4c5ccccc5ccc4c4ccc5c(c6ccccc6n5-c5cc6c7c(cccc7c5)-c5ccccc5-6)c43)c2)cc1. The molecule has 1 aliphatic rings. The minimum Gasteiger partial charge on any atom is -0.309 e. The van der Waals surface area contributed by atoms with Gasteiger partial charge < -0.3 is 9.13 Å². The van der Waals surface area contributed by atoms with Gasteiger partial charge in [0, 0.05) is 38.3 Å². The molecule has 0 radical (unpaired) electrons. The van der Waals surface area contributed by atoms with E-state index in [0.29, 0.717) is 0 Å². The predicted octanol–water partition coefficient (Wildman–Crippen LogP) is 13.5. The molecule has 0 bridgehead atoms. The van der Waals surface area contributed by atoms with Crippen molar-refractivity contribution < 1.29 is 0 Å². The second kappa shape index (κ2) is 10.3. The lowest BCUT2D eigenvalue weighted by atomic mass is 10.0. The van der Waals surface area contributed by atoms with E-state index in [9.17, 15) is 0 Å². The van der Waals surface area contributed by atoms with Crippen molar-refractivity contribution in [2.45, 2.75) is 0 Å². The summed E-state index contributed by atoms with van der Waals surface area (Å²) in [5.41, 5.74) is 14.9. The summed E-state index contributed by atoms with van der Waals surface area (Å²) >= 11 is 0. The first-order valence-electron chi connectivity index (χ1n) is 18.0. The molecule has 9 aromatic carbocycles. The quantitative estimate of drug-likeness (QED) is 0.179. The molecular formula is C50H30N2. The van der Waals surface area contributed by atoms with Crippen molar-refractivity contribution in [3.8, 4) is 44.8 Å². The molecule has 0 fully saturated rings. The topological polar surface area (TPSA) is 9.86 Å². The minimum atomic E-state index is 1.16. The molecule has 2 aromatic heterocycles. The largest absolute Gasteiger partial charge is 0.309 e. The van der Waals surface area contributed by atoms with Crippen LogP contribution in [0.15, 0.2) is 182 Å². The van der Waals surface area contributed by atoms with Crippen LogP contribution in [0.5, 0.6) is 0 Å². The molecule has 0 saturated heterocycles.